The zero-order valence-corrected chi connectivity index (χ0v) is 22.8. The first kappa shape index (κ1) is 24.0. The maximum absolute atomic E-state index is 9.25. The van der Waals surface area contributed by atoms with Crippen molar-refractivity contribution in [2.24, 2.45) is 0 Å². The lowest BCUT2D eigenvalue weighted by Gasteiger charge is -2.11. The highest BCUT2D eigenvalue weighted by atomic mass is 32.1. The van der Waals surface area contributed by atoms with Crippen molar-refractivity contribution in [3.8, 4) is 33.7 Å². The average molecular weight is 544 g/mol. The van der Waals surface area contributed by atoms with Gasteiger partial charge >= 0.3 is 7.69 Å². The van der Waals surface area contributed by atoms with Crippen LogP contribution >= 0.6 is 11.3 Å². The summed E-state index contributed by atoms with van der Waals surface area (Å²) in [6, 6.07) is 47.1. The SMILES string of the molecule is O[B]Oc1ccc2c(c1)c1ccc3c4ccccc4sc3c1n2-c1ccc(-c2ccc(-c3ccccc3)cc2)cc1. The Bertz CT molecular complexity index is 2200. The maximum atomic E-state index is 9.25. The molecular formula is C36H23BNO2S. The summed E-state index contributed by atoms with van der Waals surface area (Å²) in [5, 5.41) is 14.0. The number of hydrogen-bond acceptors (Lipinski definition) is 3. The van der Waals surface area contributed by atoms with E-state index in [9.17, 15) is 5.02 Å². The van der Waals surface area contributed by atoms with Crippen LogP contribution in [0.2, 0.25) is 0 Å². The molecule has 0 fully saturated rings. The largest absolute Gasteiger partial charge is 0.569 e. The summed E-state index contributed by atoms with van der Waals surface area (Å²) < 4.78 is 10.2. The molecule has 8 aromatic rings. The Morgan fingerprint density at radius 2 is 1.20 bits per heavy atom. The summed E-state index contributed by atoms with van der Waals surface area (Å²) in [7, 11) is 0.732. The molecule has 3 nitrogen and oxygen atoms in total. The molecular weight excluding hydrogens is 521 g/mol. The normalized spacial score (nSPS) is 11.5. The smallest absolute Gasteiger partial charge is 0.537 e. The van der Waals surface area contributed by atoms with Gasteiger partial charge in [0.15, 0.2) is 0 Å². The van der Waals surface area contributed by atoms with Crippen molar-refractivity contribution in [1.82, 2.24) is 4.57 Å². The van der Waals surface area contributed by atoms with Crippen LogP contribution in [0.5, 0.6) is 5.75 Å². The van der Waals surface area contributed by atoms with Crippen molar-refractivity contribution in [1.29, 1.82) is 0 Å². The number of aromatic nitrogens is 1. The van der Waals surface area contributed by atoms with Crippen molar-refractivity contribution >= 4 is 61.0 Å². The van der Waals surface area contributed by atoms with Gasteiger partial charge in [0, 0.05) is 31.9 Å². The van der Waals surface area contributed by atoms with Gasteiger partial charge < -0.3 is 14.2 Å². The second-order valence-corrected chi connectivity index (χ2v) is 11.2. The third kappa shape index (κ3) is 3.93. The fourth-order valence-electron chi connectivity index (χ4n) is 5.95. The van der Waals surface area contributed by atoms with E-state index in [4.69, 9.17) is 4.65 Å². The van der Waals surface area contributed by atoms with Gasteiger partial charge in [-0.25, -0.2) is 0 Å². The molecule has 2 heterocycles. The van der Waals surface area contributed by atoms with Gasteiger partial charge in [0.05, 0.1) is 15.7 Å². The molecule has 0 atom stereocenters. The van der Waals surface area contributed by atoms with E-state index in [0.717, 1.165) is 29.7 Å². The first-order valence-electron chi connectivity index (χ1n) is 13.6. The van der Waals surface area contributed by atoms with Crippen molar-refractivity contribution in [2.75, 3.05) is 0 Å². The van der Waals surface area contributed by atoms with E-state index in [-0.39, 0.29) is 0 Å². The van der Waals surface area contributed by atoms with Crippen molar-refractivity contribution in [3.63, 3.8) is 0 Å². The fourth-order valence-corrected chi connectivity index (χ4v) is 7.19. The molecule has 0 unspecified atom stereocenters. The number of hydrogen-bond donors (Lipinski definition) is 1. The fraction of sp³-hybridized carbons (Fsp3) is 0. The van der Waals surface area contributed by atoms with E-state index < -0.39 is 0 Å². The third-order valence-electron chi connectivity index (χ3n) is 7.88. The van der Waals surface area contributed by atoms with Gasteiger partial charge in [0.2, 0.25) is 0 Å². The van der Waals surface area contributed by atoms with Crippen LogP contribution in [0.15, 0.2) is 133 Å². The van der Waals surface area contributed by atoms with Crippen LogP contribution in [-0.4, -0.2) is 17.3 Å². The van der Waals surface area contributed by atoms with Gasteiger partial charge in [-0.2, -0.15) is 0 Å². The molecule has 0 aliphatic rings. The van der Waals surface area contributed by atoms with E-state index in [1.165, 1.54) is 47.9 Å². The van der Waals surface area contributed by atoms with Crippen LogP contribution in [0.4, 0.5) is 0 Å². The molecule has 193 valence electrons. The molecule has 1 N–H and O–H groups in total. The van der Waals surface area contributed by atoms with Gasteiger partial charge in [0.25, 0.3) is 0 Å². The zero-order chi connectivity index (χ0) is 27.3. The molecule has 0 saturated carbocycles. The van der Waals surface area contributed by atoms with Gasteiger partial charge in [-0.15, -0.1) is 11.3 Å². The Hall–Kier alpha value is -4.84. The molecule has 0 amide bonds. The van der Waals surface area contributed by atoms with Crippen LogP contribution in [0, 0.1) is 0 Å². The molecule has 6 aromatic carbocycles. The minimum absolute atomic E-state index is 0.602. The monoisotopic (exact) mass is 544 g/mol. The van der Waals surface area contributed by atoms with Crippen molar-refractivity contribution in [2.45, 2.75) is 0 Å². The molecule has 0 aliphatic carbocycles. The van der Waals surface area contributed by atoms with Crippen LogP contribution < -0.4 is 4.65 Å². The number of benzene rings is 6. The van der Waals surface area contributed by atoms with Crippen molar-refractivity contribution < 1.29 is 9.68 Å². The highest BCUT2D eigenvalue weighted by molar-refractivity contribution is 7.26. The lowest BCUT2D eigenvalue weighted by atomic mass is 10.0. The van der Waals surface area contributed by atoms with Gasteiger partial charge in [-0.05, 0) is 58.7 Å². The summed E-state index contributed by atoms with van der Waals surface area (Å²) in [4.78, 5) is 0. The summed E-state index contributed by atoms with van der Waals surface area (Å²) in [5.41, 5.74) is 8.17. The molecule has 2 aromatic heterocycles. The van der Waals surface area contributed by atoms with E-state index in [0.29, 0.717) is 5.75 Å². The Kier molecular flexibility index (Phi) is 5.66. The lowest BCUT2D eigenvalue weighted by Crippen LogP contribution is -1.99. The molecule has 0 saturated heterocycles. The molecule has 0 bridgehead atoms. The van der Waals surface area contributed by atoms with Crippen LogP contribution in [0.1, 0.15) is 0 Å². The quantitative estimate of drug-likeness (QED) is 0.219. The first-order chi connectivity index (χ1) is 20.3. The number of fused-ring (bicyclic) bond motifs is 7. The highest BCUT2D eigenvalue weighted by Gasteiger charge is 2.18. The van der Waals surface area contributed by atoms with E-state index >= 15 is 0 Å². The van der Waals surface area contributed by atoms with Crippen LogP contribution in [0.3, 0.4) is 0 Å². The van der Waals surface area contributed by atoms with Crippen molar-refractivity contribution in [3.05, 3.63) is 133 Å². The predicted octanol–water partition coefficient (Wildman–Crippen LogP) is 9.39. The second-order valence-electron chi connectivity index (χ2n) is 10.2. The predicted molar refractivity (Wildman–Crippen MR) is 173 cm³/mol. The molecule has 0 aliphatic heterocycles. The minimum Gasteiger partial charge on any atom is -0.537 e. The summed E-state index contributed by atoms with van der Waals surface area (Å²) >= 11 is 1.83. The first-order valence-corrected chi connectivity index (χ1v) is 14.4. The number of thiophene rings is 1. The molecule has 41 heavy (non-hydrogen) atoms. The minimum atomic E-state index is 0.602. The summed E-state index contributed by atoms with van der Waals surface area (Å²) in [6.45, 7) is 0. The van der Waals surface area contributed by atoms with E-state index in [1.54, 1.807) is 0 Å². The standard InChI is InChI=1S/C36H23BNO2S/c39-37-40-28-18-21-33-32(22-28)30-19-20-31-29-8-4-5-9-34(29)41-36(31)35(30)38(33)27-16-14-26(15-17-27)25-12-10-24(11-13-25)23-6-2-1-3-7-23/h1-22,39H. The molecule has 5 heteroatoms. The van der Waals surface area contributed by atoms with E-state index in [1.807, 2.05) is 29.5 Å². The molecule has 0 spiro atoms. The number of nitrogens with zero attached hydrogens (tertiary/aromatic N) is 1. The Morgan fingerprint density at radius 3 is 1.93 bits per heavy atom. The highest BCUT2D eigenvalue weighted by Crippen LogP contribution is 2.43. The van der Waals surface area contributed by atoms with Gasteiger partial charge in [0.1, 0.15) is 5.75 Å². The maximum Gasteiger partial charge on any atom is 0.569 e. The average Bonchev–Trinajstić information content (AvgIpc) is 3.58. The Balaban J connectivity index is 1.30. The molecule has 1 radical (unpaired) electrons. The Morgan fingerprint density at radius 1 is 0.561 bits per heavy atom. The third-order valence-corrected chi connectivity index (χ3v) is 9.08. The van der Waals surface area contributed by atoms with Crippen LogP contribution in [0.25, 0.3) is 69.9 Å². The van der Waals surface area contributed by atoms with Gasteiger partial charge in [-0.3, -0.25) is 0 Å². The Labute approximate surface area is 241 Å². The second kappa shape index (κ2) is 9.67. The topological polar surface area (TPSA) is 34.4 Å². The summed E-state index contributed by atoms with van der Waals surface area (Å²) in [6.07, 6.45) is 0. The lowest BCUT2D eigenvalue weighted by molar-refractivity contribution is 0.454. The number of rotatable bonds is 5. The van der Waals surface area contributed by atoms with Gasteiger partial charge in [-0.1, -0.05) is 97.1 Å². The molecule has 8 rings (SSSR count). The van der Waals surface area contributed by atoms with E-state index in [2.05, 4.69) is 120 Å². The van der Waals surface area contributed by atoms with Crippen LogP contribution in [-0.2, 0) is 0 Å². The summed E-state index contributed by atoms with van der Waals surface area (Å²) in [5.74, 6) is 0.602. The zero-order valence-electron chi connectivity index (χ0n) is 22.0.